The van der Waals surface area contributed by atoms with Crippen molar-refractivity contribution in [2.45, 2.75) is 6.54 Å². The van der Waals surface area contributed by atoms with Crippen LogP contribution in [0, 0.1) is 0 Å². The van der Waals surface area contributed by atoms with Crippen molar-refractivity contribution >= 4 is 0 Å². The first-order chi connectivity index (χ1) is 6.36. The highest BCUT2D eigenvalue weighted by atomic mass is 16.5. The number of methoxy groups -OCH3 is 1. The largest absolute Gasteiger partial charge is 0.481 e. The van der Waals surface area contributed by atoms with Gasteiger partial charge in [0.1, 0.15) is 0 Å². The summed E-state index contributed by atoms with van der Waals surface area (Å²) >= 11 is 0. The highest BCUT2D eigenvalue weighted by Gasteiger charge is 1.95. The minimum absolute atomic E-state index is 0.651. The van der Waals surface area contributed by atoms with Gasteiger partial charge in [0, 0.05) is 19.2 Å². The summed E-state index contributed by atoms with van der Waals surface area (Å²) in [5.74, 6) is 0.651. The van der Waals surface area contributed by atoms with Crippen molar-refractivity contribution < 1.29 is 4.74 Å². The molecule has 0 saturated carbocycles. The Morgan fingerprint density at radius 1 is 1.62 bits per heavy atom. The van der Waals surface area contributed by atoms with E-state index in [9.17, 15) is 0 Å². The molecule has 1 heterocycles. The van der Waals surface area contributed by atoms with Crippen LogP contribution >= 0.6 is 0 Å². The summed E-state index contributed by atoms with van der Waals surface area (Å²) in [7, 11) is 1.61. The van der Waals surface area contributed by atoms with Crippen LogP contribution in [0.5, 0.6) is 5.88 Å². The topological polar surface area (TPSA) is 34.1 Å². The van der Waals surface area contributed by atoms with E-state index in [1.54, 1.807) is 7.11 Å². The summed E-state index contributed by atoms with van der Waals surface area (Å²) < 4.78 is 5.00. The average molecular weight is 178 g/mol. The number of nitrogens with one attached hydrogen (secondary N) is 1. The molecule has 3 nitrogen and oxygen atoms in total. The van der Waals surface area contributed by atoms with E-state index in [1.807, 2.05) is 24.3 Å². The van der Waals surface area contributed by atoms with E-state index in [0.717, 1.165) is 18.8 Å². The summed E-state index contributed by atoms with van der Waals surface area (Å²) in [6, 6.07) is 5.71. The summed E-state index contributed by atoms with van der Waals surface area (Å²) in [4.78, 5) is 4.24. The lowest BCUT2D eigenvalue weighted by molar-refractivity contribution is 0.396. The molecule has 1 N–H and O–H groups in total. The van der Waals surface area contributed by atoms with E-state index >= 15 is 0 Å². The molecular weight excluding hydrogens is 164 g/mol. The molecule has 0 fully saturated rings. The maximum Gasteiger partial charge on any atom is 0.213 e. The predicted molar refractivity (Wildman–Crippen MR) is 52.7 cm³/mol. The minimum Gasteiger partial charge on any atom is -0.481 e. The molecule has 1 aromatic rings. The summed E-state index contributed by atoms with van der Waals surface area (Å²) in [6.45, 7) is 5.15. The van der Waals surface area contributed by atoms with Crippen molar-refractivity contribution in [3.05, 3.63) is 36.5 Å². The van der Waals surface area contributed by atoms with Crippen molar-refractivity contribution in [2.75, 3.05) is 13.7 Å². The number of hydrogen-bond donors (Lipinski definition) is 1. The molecule has 0 aliphatic rings. The van der Waals surface area contributed by atoms with Crippen molar-refractivity contribution in [3.8, 4) is 5.88 Å². The Morgan fingerprint density at radius 3 is 3.15 bits per heavy atom. The quantitative estimate of drug-likeness (QED) is 0.546. The highest BCUT2D eigenvalue weighted by molar-refractivity contribution is 5.15. The average Bonchev–Trinajstić information content (AvgIpc) is 2.19. The van der Waals surface area contributed by atoms with Crippen LogP contribution in [0.15, 0.2) is 30.9 Å². The van der Waals surface area contributed by atoms with Gasteiger partial charge in [0.15, 0.2) is 0 Å². The Kier molecular flexibility index (Phi) is 3.99. The first-order valence-electron chi connectivity index (χ1n) is 4.18. The van der Waals surface area contributed by atoms with Gasteiger partial charge >= 0.3 is 0 Å². The molecular formula is C10H14N2O. The Bertz CT molecular complexity index is 273. The van der Waals surface area contributed by atoms with Crippen molar-refractivity contribution in [3.63, 3.8) is 0 Å². The Balaban J connectivity index is 2.50. The molecule has 1 aromatic heterocycles. The van der Waals surface area contributed by atoms with E-state index in [0.29, 0.717) is 5.88 Å². The lowest BCUT2D eigenvalue weighted by Gasteiger charge is -2.03. The molecule has 13 heavy (non-hydrogen) atoms. The van der Waals surface area contributed by atoms with Crippen LogP contribution in [-0.2, 0) is 6.54 Å². The molecule has 0 aliphatic heterocycles. The van der Waals surface area contributed by atoms with Crippen LogP contribution in [-0.4, -0.2) is 18.6 Å². The maximum absolute atomic E-state index is 5.00. The van der Waals surface area contributed by atoms with Gasteiger partial charge in [-0.2, -0.15) is 0 Å². The number of aromatic nitrogens is 1. The van der Waals surface area contributed by atoms with Crippen LogP contribution in [0.3, 0.4) is 0 Å². The predicted octanol–water partition coefficient (Wildman–Crippen LogP) is 1.37. The zero-order chi connectivity index (χ0) is 9.52. The van der Waals surface area contributed by atoms with Gasteiger partial charge in [0.05, 0.1) is 12.8 Å². The number of pyridine rings is 1. The zero-order valence-electron chi connectivity index (χ0n) is 7.79. The van der Waals surface area contributed by atoms with E-state index in [2.05, 4.69) is 16.9 Å². The van der Waals surface area contributed by atoms with Gasteiger partial charge in [-0.15, -0.1) is 6.58 Å². The van der Waals surface area contributed by atoms with Crippen molar-refractivity contribution in [1.29, 1.82) is 0 Å². The molecule has 0 atom stereocenters. The fraction of sp³-hybridized carbons (Fsp3) is 0.300. The third-order valence-electron chi connectivity index (χ3n) is 1.59. The molecule has 70 valence electrons. The van der Waals surface area contributed by atoms with Gasteiger partial charge in [-0.1, -0.05) is 12.1 Å². The molecule has 0 unspecified atom stereocenters. The second-order valence-corrected chi connectivity index (χ2v) is 2.59. The van der Waals surface area contributed by atoms with Gasteiger partial charge < -0.3 is 10.1 Å². The van der Waals surface area contributed by atoms with Crippen molar-refractivity contribution in [1.82, 2.24) is 10.3 Å². The smallest absolute Gasteiger partial charge is 0.213 e. The second-order valence-electron chi connectivity index (χ2n) is 2.59. The van der Waals surface area contributed by atoms with Crippen LogP contribution in [0.4, 0.5) is 0 Å². The van der Waals surface area contributed by atoms with Crippen LogP contribution in [0.1, 0.15) is 5.69 Å². The normalized spacial score (nSPS) is 9.62. The Hall–Kier alpha value is -1.35. The van der Waals surface area contributed by atoms with E-state index in [1.165, 1.54) is 0 Å². The molecule has 0 amide bonds. The number of nitrogens with zero attached hydrogens (tertiary/aromatic N) is 1. The fourth-order valence-electron chi connectivity index (χ4n) is 0.972. The molecule has 0 aromatic carbocycles. The molecule has 0 radical (unpaired) electrons. The van der Waals surface area contributed by atoms with Gasteiger partial charge in [-0.25, -0.2) is 4.98 Å². The molecule has 0 saturated heterocycles. The molecule has 0 spiro atoms. The first kappa shape index (κ1) is 9.74. The molecule has 0 aliphatic carbocycles. The monoisotopic (exact) mass is 178 g/mol. The molecule has 1 rings (SSSR count). The zero-order valence-corrected chi connectivity index (χ0v) is 7.79. The molecule has 3 heteroatoms. The van der Waals surface area contributed by atoms with Crippen LogP contribution < -0.4 is 10.1 Å². The van der Waals surface area contributed by atoms with Gasteiger partial charge in [-0.05, 0) is 6.07 Å². The van der Waals surface area contributed by atoms with Gasteiger partial charge in [0.25, 0.3) is 0 Å². The number of ether oxygens (including phenoxy) is 1. The lowest BCUT2D eigenvalue weighted by atomic mass is 10.3. The Labute approximate surface area is 78.4 Å². The second kappa shape index (κ2) is 5.32. The van der Waals surface area contributed by atoms with Gasteiger partial charge in [0.2, 0.25) is 5.88 Å². The summed E-state index contributed by atoms with van der Waals surface area (Å²) in [5.41, 5.74) is 0.973. The third-order valence-corrected chi connectivity index (χ3v) is 1.59. The minimum atomic E-state index is 0.651. The number of rotatable bonds is 5. The maximum atomic E-state index is 5.00. The van der Waals surface area contributed by atoms with Crippen LogP contribution in [0.25, 0.3) is 0 Å². The Morgan fingerprint density at radius 2 is 2.46 bits per heavy atom. The van der Waals surface area contributed by atoms with E-state index in [-0.39, 0.29) is 0 Å². The molecule has 0 bridgehead atoms. The third kappa shape index (κ3) is 3.25. The van der Waals surface area contributed by atoms with E-state index in [4.69, 9.17) is 4.74 Å². The summed E-state index contributed by atoms with van der Waals surface area (Å²) in [6.07, 6.45) is 1.82. The highest BCUT2D eigenvalue weighted by Crippen LogP contribution is 2.05. The van der Waals surface area contributed by atoms with Crippen LogP contribution in [0.2, 0.25) is 0 Å². The fourth-order valence-corrected chi connectivity index (χ4v) is 0.972. The SMILES string of the molecule is C=CCNCc1cccc(OC)n1. The number of hydrogen-bond acceptors (Lipinski definition) is 3. The lowest BCUT2D eigenvalue weighted by Crippen LogP contribution is -2.13. The standard InChI is InChI=1S/C10H14N2O/c1-3-7-11-8-9-5-4-6-10(12-9)13-2/h3-6,11H,1,7-8H2,2H3. The van der Waals surface area contributed by atoms with Gasteiger partial charge in [-0.3, -0.25) is 0 Å². The van der Waals surface area contributed by atoms with Crippen molar-refractivity contribution in [2.24, 2.45) is 0 Å². The first-order valence-corrected chi connectivity index (χ1v) is 4.18. The summed E-state index contributed by atoms with van der Waals surface area (Å²) in [5, 5.41) is 3.17. The van der Waals surface area contributed by atoms with E-state index < -0.39 is 0 Å².